The molecule has 0 atom stereocenters. The van der Waals surface area contributed by atoms with Gasteiger partial charge in [0, 0.05) is 22.5 Å². The molecule has 0 spiro atoms. The number of fused-ring (bicyclic) bond motifs is 2. The first-order valence-electron chi connectivity index (χ1n) is 8.02. The molecule has 0 radical (unpaired) electrons. The minimum atomic E-state index is -2.33. The average Bonchev–Trinajstić information content (AvgIpc) is 3.32. The lowest BCUT2D eigenvalue weighted by Crippen LogP contribution is -2.22. The highest BCUT2D eigenvalue weighted by atomic mass is 16.1. The fourth-order valence-electron chi connectivity index (χ4n) is 2.48. The third-order valence-electron chi connectivity index (χ3n) is 3.57. The van der Waals surface area contributed by atoms with Crippen LogP contribution in [0.25, 0.3) is 0 Å². The summed E-state index contributed by atoms with van der Waals surface area (Å²) < 4.78 is 23.2. The van der Waals surface area contributed by atoms with Crippen molar-refractivity contribution >= 4 is 23.2 Å². The second-order valence-corrected chi connectivity index (χ2v) is 4.99. The maximum absolute atomic E-state index is 12.5. The number of carbonyl (C=O) groups is 1. The van der Waals surface area contributed by atoms with Gasteiger partial charge in [-0.15, -0.1) is 0 Å². The van der Waals surface area contributed by atoms with Crippen LogP contribution in [0, 0.1) is 6.85 Å². The van der Waals surface area contributed by atoms with E-state index in [0.717, 1.165) is 12.8 Å². The smallest absolute Gasteiger partial charge is 0.259 e. The Bertz CT molecular complexity index is 802. The van der Waals surface area contributed by atoms with Gasteiger partial charge in [0.05, 0.1) is 11.3 Å². The Labute approximate surface area is 120 Å². The van der Waals surface area contributed by atoms with Gasteiger partial charge in [0.25, 0.3) is 5.91 Å². The van der Waals surface area contributed by atoms with E-state index in [-0.39, 0.29) is 23.2 Å². The monoisotopic (exact) mass is 270 g/mol. The molecule has 0 unspecified atom stereocenters. The van der Waals surface area contributed by atoms with Gasteiger partial charge in [-0.05, 0) is 43.5 Å². The van der Waals surface area contributed by atoms with Crippen LogP contribution in [-0.2, 0) is 0 Å². The van der Waals surface area contributed by atoms with Crippen LogP contribution in [0.3, 0.4) is 0 Å². The van der Waals surface area contributed by atoms with Crippen LogP contribution in [0.4, 0.5) is 17.3 Å². The van der Waals surface area contributed by atoms with Gasteiger partial charge in [-0.25, -0.2) is 9.97 Å². The Kier molecular flexibility index (Phi) is 1.75. The summed E-state index contributed by atoms with van der Waals surface area (Å²) in [6, 6.07) is 5.00. The molecule has 1 N–H and O–H groups in total. The molecular formula is C15H14N4O. The molecule has 5 nitrogen and oxygen atoms in total. The van der Waals surface area contributed by atoms with E-state index in [9.17, 15) is 4.79 Å². The van der Waals surface area contributed by atoms with E-state index in [1.54, 1.807) is 18.3 Å². The van der Waals surface area contributed by atoms with E-state index >= 15 is 0 Å². The first-order valence-corrected chi connectivity index (χ1v) is 6.52. The van der Waals surface area contributed by atoms with Gasteiger partial charge in [0.15, 0.2) is 5.82 Å². The highest BCUT2D eigenvalue weighted by molar-refractivity contribution is 6.11. The van der Waals surface area contributed by atoms with Crippen molar-refractivity contribution in [3.05, 3.63) is 41.7 Å². The fourth-order valence-corrected chi connectivity index (χ4v) is 2.48. The van der Waals surface area contributed by atoms with Gasteiger partial charge in [0.1, 0.15) is 5.82 Å². The van der Waals surface area contributed by atoms with Crippen LogP contribution < -0.4 is 10.2 Å². The van der Waals surface area contributed by atoms with Gasteiger partial charge in [-0.1, -0.05) is 0 Å². The van der Waals surface area contributed by atoms with Crippen LogP contribution in [0.1, 0.15) is 32.9 Å². The van der Waals surface area contributed by atoms with Crippen molar-refractivity contribution in [3.63, 3.8) is 0 Å². The lowest BCUT2D eigenvalue weighted by atomic mass is 10.2. The number of pyridine rings is 2. The van der Waals surface area contributed by atoms with Crippen LogP contribution in [0.2, 0.25) is 0 Å². The van der Waals surface area contributed by atoms with Gasteiger partial charge >= 0.3 is 0 Å². The Hall–Kier alpha value is -2.43. The van der Waals surface area contributed by atoms with Crippen LogP contribution in [0.15, 0.2) is 30.6 Å². The number of nitrogens with zero attached hydrogens (tertiary/aromatic N) is 3. The normalized spacial score (nSPS) is 19.9. The lowest BCUT2D eigenvalue weighted by molar-refractivity contribution is 0.102. The van der Waals surface area contributed by atoms with E-state index in [2.05, 4.69) is 15.3 Å². The zero-order valence-corrected chi connectivity index (χ0v) is 10.6. The van der Waals surface area contributed by atoms with Crippen molar-refractivity contribution in [3.8, 4) is 0 Å². The molecule has 20 heavy (non-hydrogen) atoms. The number of nitrogens with one attached hydrogen (secondary N) is 1. The first kappa shape index (κ1) is 8.68. The molecule has 100 valence electrons. The van der Waals surface area contributed by atoms with Crippen molar-refractivity contribution in [1.29, 1.82) is 0 Å². The Morgan fingerprint density at radius 1 is 1.30 bits per heavy atom. The highest BCUT2D eigenvalue weighted by Crippen LogP contribution is 2.43. The molecule has 5 heteroatoms. The molecular weight excluding hydrogens is 253 g/mol. The number of rotatable bonds is 1. The molecule has 0 saturated heterocycles. The second-order valence-electron chi connectivity index (χ2n) is 4.99. The molecule has 1 amide bonds. The Balaban J connectivity index is 1.99. The lowest BCUT2D eigenvalue weighted by Gasteiger charge is -2.23. The summed E-state index contributed by atoms with van der Waals surface area (Å²) in [5, 5.41) is 2.72. The Morgan fingerprint density at radius 3 is 2.95 bits per heavy atom. The third-order valence-corrected chi connectivity index (χ3v) is 3.57. The predicted octanol–water partition coefficient (Wildman–Crippen LogP) is 2.65. The standard InChI is InChI=1S/C15H14N4O/c1-9-6-8-17-14-12(9)18-15(20)11-3-2-7-16-13(11)19(14)10-4-5-10/h2-3,6-8,10H,4-5H2,1H3,(H,18,20)/i1+1D3. The van der Waals surface area contributed by atoms with E-state index in [1.165, 1.54) is 12.3 Å². The number of amides is 1. The second kappa shape index (κ2) is 4.03. The van der Waals surface area contributed by atoms with E-state index in [0.29, 0.717) is 17.2 Å². The SMILES string of the molecule is [2H][13C]([2H])([2H])c1ccnc2c1NC(=O)c1cccnc1N2C1CC1. The number of aryl methyl sites for hydroxylation is 1. The maximum Gasteiger partial charge on any atom is 0.259 e. The maximum atomic E-state index is 12.5. The van der Waals surface area contributed by atoms with Crippen molar-refractivity contribution in [1.82, 2.24) is 9.97 Å². The number of anilines is 3. The predicted molar refractivity (Wildman–Crippen MR) is 76.3 cm³/mol. The van der Waals surface area contributed by atoms with Crippen LogP contribution in [0.5, 0.6) is 0 Å². The minimum absolute atomic E-state index is 0.0920. The third kappa shape index (κ3) is 1.59. The van der Waals surface area contributed by atoms with Crippen LogP contribution in [-0.4, -0.2) is 21.9 Å². The summed E-state index contributed by atoms with van der Waals surface area (Å²) >= 11 is 0. The van der Waals surface area contributed by atoms with E-state index < -0.39 is 6.85 Å². The van der Waals surface area contributed by atoms with Gasteiger partial charge in [-0.3, -0.25) is 4.79 Å². The molecule has 1 fully saturated rings. The summed E-state index contributed by atoms with van der Waals surface area (Å²) in [4.78, 5) is 23.1. The molecule has 2 aromatic heterocycles. The molecule has 2 aromatic rings. The highest BCUT2D eigenvalue weighted by Gasteiger charge is 2.37. The summed E-state index contributed by atoms with van der Waals surface area (Å²) in [5.74, 6) is 0.615. The molecule has 1 aliphatic carbocycles. The number of hydrogen-bond acceptors (Lipinski definition) is 4. The van der Waals surface area contributed by atoms with Crippen molar-refractivity contribution in [2.45, 2.75) is 25.7 Å². The van der Waals surface area contributed by atoms with E-state index in [1.807, 2.05) is 4.90 Å². The van der Waals surface area contributed by atoms with Gasteiger partial charge in [-0.2, -0.15) is 0 Å². The molecule has 3 heterocycles. The van der Waals surface area contributed by atoms with Gasteiger partial charge in [0.2, 0.25) is 0 Å². The van der Waals surface area contributed by atoms with Crippen molar-refractivity contribution in [2.24, 2.45) is 0 Å². The quantitative estimate of drug-likeness (QED) is 0.809. The largest absolute Gasteiger partial charge is 0.318 e. The summed E-state index contributed by atoms with van der Waals surface area (Å²) in [7, 11) is 0. The zero-order valence-electron chi connectivity index (χ0n) is 13.6. The van der Waals surface area contributed by atoms with Crippen LogP contribution >= 0.6 is 0 Å². The topological polar surface area (TPSA) is 58.1 Å². The minimum Gasteiger partial charge on any atom is -0.318 e. The molecule has 1 aliphatic heterocycles. The number of hydrogen-bond donors (Lipinski definition) is 1. The van der Waals surface area contributed by atoms with Gasteiger partial charge < -0.3 is 10.2 Å². The molecule has 0 bridgehead atoms. The fraction of sp³-hybridized carbons (Fsp3) is 0.267. The molecule has 1 saturated carbocycles. The Morgan fingerprint density at radius 2 is 2.15 bits per heavy atom. The number of carbonyl (C=O) groups excluding carboxylic acids is 1. The summed E-state index contributed by atoms with van der Waals surface area (Å²) in [6.45, 7) is -2.33. The zero-order chi connectivity index (χ0) is 16.2. The first-order chi connectivity index (χ1) is 11.0. The molecule has 0 aromatic carbocycles. The summed E-state index contributed by atoms with van der Waals surface area (Å²) in [5.41, 5.74) is 0.769. The van der Waals surface area contributed by atoms with E-state index in [4.69, 9.17) is 4.11 Å². The number of aromatic nitrogens is 2. The summed E-state index contributed by atoms with van der Waals surface area (Å²) in [6.07, 6.45) is 5.02. The van der Waals surface area contributed by atoms with Crippen molar-refractivity contribution < 1.29 is 8.91 Å². The average molecular weight is 270 g/mol. The van der Waals surface area contributed by atoms with Crippen molar-refractivity contribution in [2.75, 3.05) is 10.2 Å². The molecule has 4 rings (SSSR count). The molecule has 2 aliphatic rings.